The van der Waals surface area contributed by atoms with Gasteiger partial charge in [-0.3, -0.25) is 9.78 Å². The first-order chi connectivity index (χ1) is 12.7. The van der Waals surface area contributed by atoms with Crippen LogP contribution in [0.3, 0.4) is 0 Å². The molecule has 27 heavy (non-hydrogen) atoms. The summed E-state index contributed by atoms with van der Waals surface area (Å²) in [5, 5.41) is 0. The third kappa shape index (κ3) is 7.57. The average Bonchev–Trinajstić information content (AvgIpc) is 2.61. The summed E-state index contributed by atoms with van der Waals surface area (Å²) >= 11 is 0. The summed E-state index contributed by atoms with van der Waals surface area (Å²) in [5.74, 6) is 0.629. The van der Waals surface area contributed by atoms with E-state index in [0.29, 0.717) is 25.4 Å². The van der Waals surface area contributed by atoms with Crippen molar-refractivity contribution < 1.29 is 14.3 Å². The number of aromatic nitrogens is 1. The second kappa shape index (κ2) is 9.72. The van der Waals surface area contributed by atoms with Crippen molar-refractivity contribution in [3.63, 3.8) is 0 Å². The van der Waals surface area contributed by atoms with E-state index < -0.39 is 5.60 Å². The summed E-state index contributed by atoms with van der Waals surface area (Å²) in [6.07, 6.45) is 7.47. The topological polar surface area (TPSA) is 62.7 Å². The number of pyridine rings is 1. The highest BCUT2D eigenvalue weighted by Gasteiger charge is 2.27. The predicted octanol–water partition coefficient (Wildman–Crippen LogP) is 3.51. The average molecular weight is 376 g/mol. The Kier molecular flexibility index (Phi) is 7.63. The molecule has 1 aromatic rings. The molecule has 6 heteroatoms. The Bertz CT molecular complexity index is 605. The molecule has 0 atom stereocenters. The number of nitrogens with zero attached hydrogens (tertiary/aromatic N) is 3. The number of carbonyl (C=O) groups excluding carboxylic acids is 2. The lowest BCUT2D eigenvalue weighted by atomic mass is 9.96. The van der Waals surface area contributed by atoms with Crippen LogP contribution in [0.25, 0.3) is 0 Å². The van der Waals surface area contributed by atoms with Gasteiger partial charge >= 0.3 is 6.09 Å². The van der Waals surface area contributed by atoms with Crippen molar-refractivity contribution in [1.29, 1.82) is 0 Å². The third-order valence-corrected chi connectivity index (χ3v) is 4.80. The summed E-state index contributed by atoms with van der Waals surface area (Å²) < 4.78 is 5.43. The minimum Gasteiger partial charge on any atom is -0.444 e. The predicted molar refractivity (Wildman–Crippen MR) is 105 cm³/mol. The molecule has 0 unspecified atom stereocenters. The van der Waals surface area contributed by atoms with Gasteiger partial charge in [0.1, 0.15) is 5.60 Å². The van der Waals surface area contributed by atoms with Gasteiger partial charge in [-0.2, -0.15) is 0 Å². The van der Waals surface area contributed by atoms with Gasteiger partial charge in [-0.15, -0.1) is 0 Å². The van der Waals surface area contributed by atoms with Crippen molar-refractivity contribution >= 4 is 12.0 Å². The Morgan fingerprint density at radius 1 is 1.30 bits per heavy atom. The molecule has 1 aliphatic heterocycles. The zero-order valence-corrected chi connectivity index (χ0v) is 17.1. The molecule has 0 aliphatic carbocycles. The number of amides is 2. The molecular formula is C21H33N3O3. The minimum absolute atomic E-state index is 0.188. The van der Waals surface area contributed by atoms with E-state index >= 15 is 0 Å². The smallest absolute Gasteiger partial charge is 0.410 e. The first-order valence-electron chi connectivity index (χ1n) is 9.85. The molecule has 0 N–H and O–H groups in total. The zero-order chi connectivity index (χ0) is 19.9. The number of aryl methyl sites for hydroxylation is 1. The fraction of sp³-hybridized carbons (Fsp3) is 0.667. The van der Waals surface area contributed by atoms with Crippen molar-refractivity contribution in [3.8, 4) is 0 Å². The normalized spacial score (nSPS) is 15.5. The van der Waals surface area contributed by atoms with Crippen molar-refractivity contribution in [2.24, 2.45) is 5.92 Å². The second-order valence-corrected chi connectivity index (χ2v) is 8.40. The largest absolute Gasteiger partial charge is 0.444 e. The third-order valence-electron chi connectivity index (χ3n) is 4.80. The van der Waals surface area contributed by atoms with Crippen LogP contribution in [0, 0.1) is 5.92 Å². The van der Waals surface area contributed by atoms with E-state index in [0.717, 1.165) is 32.2 Å². The standard InChI is InChI=1S/C21H33N3O3/c1-21(2,3)27-20(26)24-13-10-18(11-14-24)16-23(4)19(25)9-5-7-17-8-6-12-22-15-17/h6,8,12,15,18H,5,7,9-11,13-14,16H2,1-4H3. The highest BCUT2D eigenvalue weighted by molar-refractivity contribution is 5.75. The van der Waals surface area contributed by atoms with E-state index in [1.807, 2.05) is 51.0 Å². The Hall–Kier alpha value is -2.11. The molecule has 1 aliphatic rings. The lowest BCUT2D eigenvalue weighted by Gasteiger charge is -2.34. The van der Waals surface area contributed by atoms with Gasteiger partial charge in [-0.05, 0) is 64.0 Å². The fourth-order valence-corrected chi connectivity index (χ4v) is 3.29. The van der Waals surface area contributed by atoms with Crippen LogP contribution in [0.15, 0.2) is 24.5 Å². The minimum atomic E-state index is -0.462. The van der Waals surface area contributed by atoms with Gasteiger partial charge in [0.15, 0.2) is 0 Å². The van der Waals surface area contributed by atoms with Crippen molar-refractivity contribution in [1.82, 2.24) is 14.8 Å². The molecule has 0 radical (unpaired) electrons. The zero-order valence-electron chi connectivity index (χ0n) is 17.1. The molecule has 2 rings (SSSR count). The Labute approximate surface area is 162 Å². The van der Waals surface area contributed by atoms with Crippen LogP contribution in [-0.4, -0.2) is 59.1 Å². The molecule has 0 spiro atoms. The number of hydrogen-bond donors (Lipinski definition) is 0. The Balaban J connectivity index is 1.66. The molecule has 2 heterocycles. The molecular weight excluding hydrogens is 342 g/mol. The highest BCUT2D eigenvalue weighted by atomic mass is 16.6. The molecule has 0 aromatic carbocycles. The van der Waals surface area contributed by atoms with Gasteiger partial charge in [-0.1, -0.05) is 6.07 Å². The lowest BCUT2D eigenvalue weighted by Crippen LogP contribution is -2.44. The number of piperidine rings is 1. The molecule has 6 nitrogen and oxygen atoms in total. The van der Waals surface area contributed by atoms with Crippen LogP contribution in [0.4, 0.5) is 4.79 Å². The van der Waals surface area contributed by atoms with Gasteiger partial charge in [-0.25, -0.2) is 4.79 Å². The monoisotopic (exact) mass is 375 g/mol. The number of likely N-dealkylation sites (tertiary alicyclic amines) is 1. The molecule has 0 bridgehead atoms. The van der Waals surface area contributed by atoms with Gasteiger partial charge in [0, 0.05) is 45.5 Å². The van der Waals surface area contributed by atoms with Crippen LogP contribution in [-0.2, 0) is 16.0 Å². The summed E-state index contributed by atoms with van der Waals surface area (Å²) in [6, 6.07) is 3.96. The molecule has 1 fully saturated rings. The van der Waals surface area contributed by atoms with E-state index in [-0.39, 0.29) is 12.0 Å². The lowest BCUT2D eigenvalue weighted by molar-refractivity contribution is -0.130. The molecule has 0 saturated carbocycles. The van der Waals surface area contributed by atoms with E-state index in [9.17, 15) is 9.59 Å². The SMILES string of the molecule is CN(CC1CCN(C(=O)OC(C)(C)C)CC1)C(=O)CCCc1cccnc1. The van der Waals surface area contributed by atoms with Crippen LogP contribution in [0.5, 0.6) is 0 Å². The van der Waals surface area contributed by atoms with E-state index in [2.05, 4.69) is 4.98 Å². The maximum absolute atomic E-state index is 12.4. The van der Waals surface area contributed by atoms with Crippen LogP contribution in [0.1, 0.15) is 52.0 Å². The van der Waals surface area contributed by atoms with Gasteiger partial charge in [0.05, 0.1) is 0 Å². The van der Waals surface area contributed by atoms with Crippen molar-refractivity contribution in [2.45, 2.75) is 58.5 Å². The number of hydrogen-bond acceptors (Lipinski definition) is 4. The summed E-state index contributed by atoms with van der Waals surface area (Å²) in [5.41, 5.74) is 0.707. The molecule has 1 aromatic heterocycles. The van der Waals surface area contributed by atoms with Crippen LogP contribution < -0.4 is 0 Å². The number of carbonyl (C=O) groups is 2. The molecule has 150 valence electrons. The van der Waals surface area contributed by atoms with E-state index in [1.54, 1.807) is 11.1 Å². The maximum Gasteiger partial charge on any atom is 0.410 e. The van der Waals surface area contributed by atoms with Gasteiger partial charge in [0.25, 0.3) is 0 Å². The number of ether oxygens (including phenoxy) is 1. The van der Waals surface area contributed by atoms with Crippen molar-refractivity contribution in [2.75, 3.05) is 26.7 Å². The van der Waals surface area contributed by atoms with Crippen molar-refractivity contribution in [3.05, 3.63) is 30.1 Å². The number of rotatable bonds is 6. The maximum atomic E-state index is 12.4. The molecule has 1 saturated heterocycles. The Morgan fingerprint density at radius 3 is 2.59 bits per heavy atom. The molecule has 2 amide bonds. The second-order valence-electron chi connectivity index (χ2n) is 8.40. The Morgan fingerprint density at radius 2 is 2.00 bits per heavy atom. The summed E-state index contributed by atoms with van der Waals surface area (Å²) in [4.78, 5) is 32.2. The van der Waals surface area contributed by atoms with E-state index in [4.69, 9.17) is 4.74 Å². The quantitative estimate of drug-likeness (QED) is 0.763. The highest BCUT2D eigenvalue weighted by Crippen LogP contribution is 2.20. The van der Waals surface area contributed by atoms with Gasteiger partial charge in [0.2, 0.25) is 5.91 Å². The van der Waals surface area contributed by atoms with Crippen LogP contribution >= 0.6 is 0 Å². The first kappa shape index (κ1) is 21.2. The summed E-state index contributed by atoms with van der Waals surface area (Å²) in [6.45, 7) is 7.80. The van der Waals surface area contributed by atoms with Gasteiger partial charge < -0.3 is 14.5 Å². The summed E-state index contributed by atoms with van der Waals surface area (Å²) in [7, 11) is 1.88. The van der Waals surface area contributed by atoms with Crippen LogP contribution in [0.2, 0.25) is 0 Å². The van der Waals surface area contributed by atoms with E-state index in [1.165, 1.54) is 5.56 Å². The fourth-order valence-electron chi connectivity index (χ4n) is 3.29. The first-order valence-corrected chi connectivity index (χ1v) is 9.85.